The van der Waals surface area contributed by atoms with Gasteiger partial charge in [-0.05, 0) is 141 Å². The molecule has 370 valence electrons. The van der Waals surface area contributed by atoms with E-state index in [0.717, 1.165) is 92.6 Å². The van der Waals surface area contributed by atoms with E-state index in [9.17, 15) is 9.22 Å². The Labute approximate surface area is 448 Å². The van der Waals surface area contributed by atoms with Crippen molar-refractivity contribution in [1.29, 1.82) is 0 Å². The summed E-state index contributed by atoms with van der Waals surface area (Å²) in [5.41, 5.74) is 16.1. The van der Waals surface area contributed by atoms with Gasteiger partial charge in [0.15, 0.2) is 0 Å². The second-order valence-electron chi connectivity index (χ2n) is 20.6. The van der Waals surface area contributed by atoms with Gasteiger partial charge in [-0.25, -0.2) is 4.98 Å². The number of imidazole rings is 1. The molecule has 2 aromatic heterocycles. The molecule has 2 heterocycles. The molecule has 0 aliphatic rings. The van der Waals surface area contributed by atoms with Crippen LogP contribution in [0.2, 0.25) is 0 Å². The first-order valence-electron chi connectivity index (χ1n) is 27.3. The van der Waals surface area contributed by atoms with Gasteiger partial charge in [0, 0.05) is 37.1 Å². The third-order valence-corrected chi connectivity index (χ3v) is 15.8. The molecular formula is C67H70N3OPt-. The molecule has 0 radical (unpaired) electrons. The summed E-state index contributed by atoms with van der Waals surface area (Å²) in [5, 5.41) is 12.5. The van der Waals surface area contributed by atoms with E-state index in [1.54, 1.807) is 0 Å². The maximum Gasteiger partial charge on any atom is 0.148 e. The van der Waals surface area contributed by atoms with Crippen LogP contribution in [0.1, 0.15) is 139 Å². The van der Waals surface area contributed by atoms with E-state index in [4.69, 9.17) is 9.97 Å². The minimum atomic E-state index is -2.54. The van der Waals surface area contributed by atoms with Crippen molar-refractivity contribution in [1.82, 2.24) is 14.5 Å². The summed E-state index contributed by atoms with van der Waals surface area (Å²) in [4.78, 5) is 10.5. The molecule has 4 nitrogen and oxygen atoms in total. The molecule has 0 saturated carbocycles. The molecule has 72 heavy (non-hydrogen) atoms. The van der Waals surface area contributed by atoms with E-state index >= 15 is 0 Å². The average molecular weight is 1130 g/mol. The van der Waals surface area contributed by atoms with Crippen LogP contribution in [-0.2, 0) is 31.9 Å². The van der Waals surface area contributed by atoms with Gasteiger partial charge in [0.05, 0.1) is 22.3 Å². The number of aromatic hydroxyl groups is 1. The molecule has 0 amide bonds. The van der Waals surface area contributed by atoms with Crippen molar-refractivity contribution in [3.8, 4) is 78.6 Å². The number of aryl methyl sites for hydroxylation is 1. The van der Waals surface area contributed by atoms with E-state index in [1.807, 2.05) is 83.6 Å². The number of aromatic nitrogens is 3. The maximum atomic E-state index is 12.5. The Morgan fingerprint density at radius 1 is 0.597 bits per heavy atom. The van der Waals surface area contributed by atoms with E-state index in [0.29, 0.717) is 28.1 Å². The Kier molecular flexibility index (Phi) is 14.2. The van der Waals surface area contributed by atoms with Gasteiger partial charge in [0.1, 0.15) is 11.6 Å². The van der Waals surface area contributed by atoms with E-state index < -0.39 is 6.85 Å². The quantitative estimate of drug-likeness (QED) is 0.104. The van der Waals surface area contributed by atoms with Gasteiger partial charge in [-0.15, -0.1) is 23.8 Å². The molecule has 7 aromatic carbocycles. The third kappa shape index (κ3) is 9.68. The topological polar surface area (TPSA) is 50.9 Å². The van der Waals surface area contributed by atoms with Gasteiger partial charge in [-0.2, -0.15) is 0 Å². The van der Waals surface area contributed by atoms with Crippen molar-refractivity contribution >= 4 is 11.0 Å². The second-order valence-corrected chi connectivity index (χ2v) is 20.6. The smallest absolute Gasteiger partial charge is 0.148 e. The van der Waals surface area contributed by atoms with Crippen LogP contribution >= 0.6 is 0 Å². The molecule has 0 unspecified atom stereocenters. The summed E-state index contributed by atoms with van der Waals surface area (Å²) >= 11 is 0. The number of nitrogens with zero attached hydrogens (tertiary/aromatic N) is 3. The zero-order chi connectivity index (χ0) is 52.7. The Hall–Kier alpha value is -6.35. The summed E-state index contributed by atoms with van der Waals surface area (Å²) in [6, 6.07) is 55.8. The molecule has 9 aromatic rings. The van der Waals surface area contributed by atoms with E-state index in [-0.39, 0.29) is 55.0 Å². The summed E-state index contributed by atoms with van der Waals surface area (Å²) in [5.74, 6) is 0.737. The Balaban J connectivity index is 0.00000747. The van der Waals surface area contributed by atoms with Gasteiger partial charge in [-0.1, -0.05) is 195 Å². The number of phenols is 1. The van der Waals surface area contributed by atoms with Crippen LogP contribution in [0.5, 0.6) is 5.75 Å². The molecule has 0 saturated heterocycles. The number of benzene rings is 7. The molecule has 0 aliphatic heterocycles. The SMILES string of the molecule is [2H]C([2H])([2H])c1cc(-c2c(C(C)(CC)CC)cccc2C(C)(CC)CC)ccc1-n1c(-c2cc(C(C)C)cc(C(C)C)c2O)nc2c(-c3[c-]c(-c4cc(-c5ccccc5)ccn4)cc(-c4ccccc4)c3)cccc21.[Pt]. The molecule has 1 N–H and O–H groups in total. The fourth-order valence-corrected chi connectivity index (χ4v) is 10.4. The van der Waals surface area contributed by atoms with Crippen LogP contribution in [0, 0.1) is 12.9 Å². The van der Waals surface area contributed by atoms with Gasteiger partial charge in [0.2, 0.25) is 0 Å². The second kappa shape index (κ2) is 21.4. The van der Waals surface area contributed by atoms with Crippen LogP contribution in [0.25, 0.3) is 83.9 Å². The average Bonchev–Trinajstić information content (AvgIpc) is 3.81. The third-order valence-electron chi connectivity index (χ3n) is 15.8. The molecule has 0 aliphatic carbocycles. The van der Waals surface area contributed by atoms with Gasteiger partial charge in [-0.3, -0.25) is 9.55 Å². The van der Waals surface area contributed by atoms with Crippen molar-refractivity contribution in [3.63, 3.8) is 0 Å². The van der Waals surface area contributed by atoms with E-state index in [2.05, 4.69) is 154 Å². The zero-order valence-corrected chi connectivity index (χ0v) is 45.9. The largest absolute Gasteiger partial charge is 0.507 e. The summed E-state index contributed by atoms with van der Waals surface area (Å²) < 4.78 is 30.1. The molecular weight excluding hydrogens is 1060 g/mol. The first-order valence-corrected chi connectivity index (χ1v) is 25.8. The standard InChI is InChI=1S/C67H70N3O.Pt/c1-12-66(10,13-2)57-29-23-30-58(67(11,14-3)15-4)62(57)49-32-33-60(45(9)36-49)70-61-31-22-28-54(63(61)69-65(70)56-41-50(43(5)6)40-55(44(7)8)64(56)71)52-37-51(47-26-20-17-21-27-47)38-53(39-52)59-42-48(34-35-68-59)46-24-18-16-19-25-46;/h16-38,40-44,71H,12-15H2,1-11H3;/q-1;/i9D3;. The van der Waals surface area contributed by atoms with Crippen molar-refractivity contribution in [2.45, 2.75) is 124 Å². The number of fused-ring (bicyclic) bond motifs is 1. The Morgan fingerprint density at radius 3 is 1.81 bits per heavy atom. The van der Waals surface area contributed by atoms with Crippen LogP contribution in [0.15, 0.2) is 158 Å². The molecule has 0 atom stereocenters. The van der Waals surface area contributed by atoms with Crippen LogP contribution < -0.4 is 0 Å². The van der Waals surface area contributed by atoms with Crippen LogP contribution in [0.4, 0.5) is 0 Å². The predicted octanol–water partition coefficient (Wildman–Crippen LogP) is 18.6. The number of hydrogen-bond acceptors (Lipinski definition) is 3. The molecule has 5 heteroatoms. The Bertz CT molecular complexity index is 3440. The van der Waals surface area contributed by atoms with Crippen LogP contribution in [-0.4, -0.2) is 19.6 Å². The number of rotatable bonds is 15. The van der Waals surface area contributed by atoms with Crippen molar-refractivity contribution in [2.24, 2.45) is 0 Å². The minimum Gasteiger partial charge on any atom is -0.507 e. The fraction of sp³-hybridized carbons (Fsp3) is 0.284. The number of para-hydroxylation sites is 1. The minimum absolute atomic E-state index is 0. The maximum absolute atomic E-state index is 12.5. The first-order chi connectivity index (χ1) is 35.4. The number of pyridine rings is 1. The summed E-state index contributed by atoms with van der Waals surface area (Å²) in [7, 11) is 0. The molecule has 0 fully saturated rings. The molecule has 0 spiro atoms. The molecule has 0 bridgehead atoms. The Morgan fingerprint density at radius 2 is 1.21 bits per heavy atom. The van der Waals surface area contributed by atoms with Gasteiger partial charge < -0.3 is 5.11 Å². The van der Waals surface area contributed by atoms with Crippen molar-refractivity contribution < 1.29 is 30.3 Å². The van der Waals surface area contributed by atoms with Crippen molar-refractivity contribution in [3.05, 3.63) is 192 Å². The summed E-state index contributed by atoms with van der Waals surface area (Å²) in [6.07, 6.45) is 5.60. The van der Waals surface area contributed by atoms with Crippen LogP contribution in [0.3, 0.4) is 0 Å². The zero-order valence-electron chi connectivity index (χ0n) is 46.6. The van der Waals surface area contributed by atoms with Crippen molar-refractivity contribution in [2.75, 3.05) is 0 Å². The van der Waals surface area contributed by atoms with Gasteiger partial charge >= 0.3 is 0 Å². The van der Waals surface area contributed by atoms with E-state index in [1.165, 1.54) is 11.1 Å². The normalized spacial score (nSPS) is 12.8. The predicted molar refractivity (Wildman–Crippen MR) is 301 cm³/mol. The first kappa shape index (κ1) is 47.9. The summed E-state index contributed by atoms with van der Waals surface area (Å²) in [6.45, 7) is 19.6. The number of hydrogen-bond donors (Lipinski definition) is 1. The number of phenolic OH excluding ortho intramolecular Hbond substituents is 1. The van der Waals surface area contributed by atoms with Gasteiger partial charge in [0.25, 0.3) is 0 Å². The molecule has 9 rings (SSSR count). The monoisotopic (exact) mass is 1130 g/mol. The fourth-order valence-electron chi connectivity index (χ4n) is 10.4.